The second-order valence-electron chi connectivity index (χ2n) is 6.84. The molecule has 144 valence electrons. The molecule has 28 heavy (non-hydrogen) atoms. The molecule has 3 aromatic rings. The van der Waals surface area contributed by atoms with Crippen molar-refractivity contribution in [2.24, 2.45) is 0 Å². The highest BCUT2D eigenvalue weighted by molar-refractivity contribution is 6.05. The third-order valence-corrected chi connectivity index (χ3v) is 4.75. The maximum Gasteiger partial charge on any atom is 0.254 e. The van der Waals surface area contributed by atoms with E-state index < -0.39 is 0 Å². The number of nitrogens with one attached hydrogen (secondary N) is 1. The molecule has 1 aliphatic rings. The number of para-hydroxylation sites is 3. The number of rotatable bonds is 5. The predicted molar refractivity (Wildman–Crippen MR) is 107 cm³/mol. The molecular weight excluding hydrogens is 356 g/mol. The van der Waals surface area contributed by atoms with E-state index in [4.69, 9.17) is 9.47 Å². The van der Waals surface area contributed by atoms with Gasteiger partial charge < -0.3 is 19.4 Å². The fourth-order valence-electron chi connectivity index (χ4n) is 3.50. The van der Waals surface area contributed by atoms with Gasteiger partial charge in [-0.2, -0.15) is 0 Å². The van der Waals surface area contributed by atoms with Crippen molar-refractivity contribution in [3.8, 4) is 11.5 Å². The summed E-state index contributed by atoms with van der Waals surface area (Å²) in [6.07, 6.45) is 0.537. The van der Waals surface area contributed by atoms with Crippen molar-refractivity contribution >= 4 is 16.8 Å². The molecule has 4 rings (SSSR count). The SMILES string of the molecule is CCCN(CC1COc2ccccc2O1)C(=O)c1cc(=O)[nH]c2ccccc12. The number of hydrogen-bond donors (Lipinski definition) is 1. The van der Waals surface area contributed by atoms with Gasteiger partial charge in [-0.25, -0.2) is 0 Å². The van der Waals surface area contributed by atoms with Crippen molar-refractivity contribution in [1.29, 1.82) is 0 Å². The van der Waals surface area contributed by atoms with Gasteiger partial charge in [-0.3, -0.25) is 9.59 Å². The van der Waals surface area contributed by atoms with Gasteiger partial charge in [-0.15, -0.1) is 0 Å². The molecule has 0 spiro atoms. The number of hydrogen-bond acceptors (Lipinski definition) is 4. The number of benzene rings is 2. The lowest BCUT2D eigenvalue weighted by molar-refractivity contribution is 0.0464. The minimum atomic E-state index is -0.287. The Labute approximate surface area is 162 Å². The molecule has 6 heteroatoms. The van der Waals surface area contributed by atoms with Crippen LogP contribution in [-0.4, -0.2) is 41.6 Å². The standard InChI is InChI=1S/C22H22N2O4/c1-2-11-24(13-15-14-27-19-9-5-6-10-20(19)28-15)22(26)17-12-21(25)23-18-8-4-3-7-16(17)18/h3-10,12,15H,2,11,13-14H2,1H3,(H,23,25). The van der Waals surface area contributed by atoms with E-state index in [2.05, 4.69) is 4.98 Å². The van der Waals surface area contributed by atoms with Crippen LogP contribution in [0.4, 0.5) is 0 Å². The van der Waals surface area contributed by atoms with Crippen LogP contribution in [0.25, 0.3) is 10.9 Å². The Morgan fingerprint density at radius 2 is 1.89 bits per heavy atom. The van der Waals surface area contributed by atoms with Gasteiger partial charge in [0, 0.05) is 23.5 Å². The van der Waals surface area contributed by atoms with Crippen LogP contribution in [0.1, 0.15) is 23.7 Å². The van der Waals surface area contributed by atoms with Crippen LogP contribution >= 0.6 is 0 Å². The molecule has 0 aliphatic carbocycles. The largest absolute Gasteiger partial charge is 0.486 e. The summed E-state index contributed by atoms with van der Waals surface area (Å²) in [6, 6.07) is 16.2. The van der Waals surface area contributed by atoms with Gasteiger partial charge in [-0.1, -0.05) is 37.3 Å². The lowest BCUT2D eigenvalue weighted by Crippen LogP contribution is -2.44. The molecule has 0 bridgehead atoms. The first kappa shape index (κ1) is 18.1. The molecule has 0 saturated heterocycles. The summed E-state index contributed by atoms with van der Waals surface area (Å²) in [6.45, 7) is 3.36. The summed E-state index contributed by atoms with van der Waals surface area (Å²) in [7, 11) is 0. The fraction of sp³-hybridized carbons (Fsp3) is 0.273. The summed E-state index contributed by atoms with van der Waals surface area (Å²) in [4.78, 5) is 29.9. The minimum absolute atomic E-state index is 0.174. The summed E-state index contributed by atoms with van der Waals surface area (Å²) >= 11 is 0. The number of aromatic amines is 1. The second kappa shape index (κ2) is 7.76. The Hall–Kier alpha value is -3.28. The zero-order valence-electron chi connectivity index (χ0n) is 15.7. The smallest absolute Gasteiger partial charge is 0.254 e. The molecule has 1 amide bonds. The van der Waals surface area contributed by atoms with Gasteiger partial charge in [0.1, 0.15) is 6.61 Å². The number of aromatic nitrogens is 1. The molecule has 2 aromatic carbocycles. The molecular formula is C22H22N2O4. The van der Waals surface area contributed by atoms with Gasteiger partial charge in [0.05, 0.1) is 12.1 Å². The van der Waals surface area contributed by atoms with Gasteiger partial charge >= 0.3 is 0 Å². The van der Waals surface area contributed by atoms with Crippen molar-refractivity contribution < 1.29 is 14.3 Å². The lowest BCUT2D eigenvalue weighted by atomic mass is 10.1. The number of amides is 1. The van der Waals surface area contributed by atoms with Crippen molar-refractivity contribution in [3.63, 3.8) is 0 Å². The molecule has 1 unspecified atom stereocenters. The zero-order chi connectivity index (χ0) is 19.5. The van der Waals surface area contributed by atoms with Crippen LogP contribution in [0, 0.1) is 0 Å². The van der Waals surface area contributed by atoms with Crippen LogP contribution < -0.4 is 15.0 Å². The Morgan fingerprint density at radius 3 is 2.71 bits per heavy atom. The third-order valence-electron chi connectivity index (χ3n) is 4.75. The quantitative estimate of drug-likeness (QED) is 0.740. The molecule has 1 N–H and O–H groups in total. The third kappa shape index (κ3) is 3.58. The highest BCUT2D eigenvalue weighted by Crippen LogP contribution is 2.31. The average Bonchev–Trinajstić information content (AvgIpc) is 2.72. The minimum Gasteiger partial charge on any atom is -0.486 e. The normalized spacial score (nSPS) is 15.4. The van der Waals surface area contributed by atoms with Gasteiger partial charge in [0.15, 0.2) is 17.6 Å². The highest BCUT2D eigenvalue weighted by atomic mass is 16.6. The van der Waals surface area contributed by atoms with Crippen molar-refractivity contribution in [2.75, 3.05) is 19.7 Å². The Morgan fingerprint density at radius 1 is 1.14 bits per heavy atom. The maximum absolute atomic E-state index is 13.3. The monoisotopic (exact) mass is 378 g/mol. The Balaban J connectivity index is 1.60. The molecule has 2 heterocycles. The van der Waals surface area contributed by atoms with Crippen LogP contribution in [0.15, 0.2) is 59.4 Å². The second-order valence-corrected chi connectivity index (χ2v) is 6.84. The first-order valence-electron chi connectivity index (χ1n) is 9.45. The topological polar surface area (TPSA) is 71.6 Å². The fourth-order valence-corrected chi connectivity index (χ4v) is 3.50. The molecule has 0 saturated carbocycles. The zero-order valence-corrected chi connectivity index (χ0v) is 15.7. The summed E-state index contributed by atoms with van der Waals surface area (Å²) in [5.41, 5.74) is 0.774. The van der Waals surface area contributed by atoms with E-state index in [9.17, 15) is 9.59 Å². The van der Waals surface area contributed by atoms with Gasteiger partial charge in [-0.05, 0) is 24.6 Å². The highest BCUT2D eigenvalue weighted by Gasteiger charge is 2.26. The number of ether oxygens (including phenoxy) is 2. The molecule has 1 aliphatic heterocycles. The first-order chi connectivity index (χ1) is 13.7. The average molecular weight is 378 g/mol. The number of carbonyl (C=O) groups excluding carboxylic acids is 1. The summed E-state index contributed by atoms with van der Waals surface area (Å²) < 4.78 is 11.8. The van der Waals surface area contributed by atoms with E-state index in [0.29, 0.717) is 42.3 Å². The number of fused-ring (bicyclic) bond motifs is 2. The van der Waals surface area contributed by atoms with E-state index in [1.54, 1.807) is 11.0 Å². The maximum atomic E-state index is 13.3. The van der Waals surface area contributed by atoms with Crippen LogP contribution in [0.2, 0.25) is 0 Å². The Kier molecular flexibility index (Phi) is 5.02. The van der Waals surface area contributed by atoms with Crippen LogP contribution in [0.5, 0.6) is 11.5 Å². The van der Waals surface area contributed by atoms with Crippen molar-refractivity contribution in [2.45, 2.75) is 19.4 Å². The van der Waals surface area contributed by atoms with E-state index in [-0.39, 0.29) is 17.6 Å². The number of H-pyrrole nitrogens is 1. The first-order valence-corrected chi connectivity index (χ1v) is 9.45. The van der Waals surface area contributed by atoms with Crippen LogP contribution in [-0.2, 0) is 0 Å². The van der Waals surface area contributed by atoms with E-state index in [1.165, 1.54) is 6.07 Å². The van der Waals surface area contributed by atoms with Crippen molar-refractivity contribution in [1.82, 2.24) is 9.88 Å². The van der Waals surface area contributed by atoms with Crippen molar-refractivity contribution in [3.05, 3.63) is 70.5 Å². The summed E-state index contributed by atoms with van der Waals surface area (Å²) in [5.74, 6) is 1.23. The number of carbonyl (C=O) groups is 1. The number of pyridine rings is 1. The van der Waals surface area contributed by atoms with Gasteiger partial charge in [0.25, 0.3) is 5.91 Å². The number of nitrogens with zero attached hydrogens (tertiary/aromatic N) is 1. The van der Waals surface area contributed by atoms with E-state index >= 15 is 0 Å². The Bertz CT molecular complexity index is 1060. The molecule has 1 atom stereocenters. The van der Waals surface area contributed by atoms with Gasteiger partial charge in [0.2, 0.25) is 5.56 Å². The summed E-state index contributed by atoms with van der Waals surface area (Å²) in [5, 5.41) is 0.736. The molecule has 0 radical (unpaired) electrons. The van der Waals surface area contributed by atoms with Crippen LogP contribution in [0.3, 0.4) is 0 Å². The van der Waals surface area contributed by atoms with E-state index in [0.717, 1.165) is 11.8 Å². The molecule has 1 aromatic heterocycles. The predicted octanol–water partition coefficient (Wildman–Crippen LogP) is 3.22. The molecule has 0 fully saturated rings. The molecule has 6 nitrogen and oxygen atoms in total. The lowest BCUT2D eigenvalue weighted by Gasteiger charge is -2.31. The van der Waals surface area contributed by atoms with E-state index in [1.807, 2.05) is 49.4 Å².